The molecule has 8 heteroatoms. The Bertz CT molecular complexity index is 298. The van der Waals surface area contributed by atoms with Crippen LogP contribution in [0.4, 0.5) is 22.0 Å². The highest BCUT2D eigenvalue weighted by Gasteiger charge is 2.63. The van der Waals surface area contributed by atoms with Gasteiger partial charge < -0.3 is 0 Å². The Kier molecular flexibility index (Phi) is 2.29. The van der Waals surface area contributed by atoms with Gasteiger partial charge in [-0.05, 0) is 0 Å². The second-order valence-corrected chi connectivity index (χ2v) is 4.87. The molecule has 1 fully saturated rings. The molecule has 0 radical (unpaired) electrons. The summed E-state index contributed by atoms with van der Waals surface area (Å²) in [6.07, 6.45) is -5.04. The van der Waals surface area contributed by atoms with Crippen molar-refractivity contribution in [2.24, 2.45) is 5.92 Å². The van der Waals surface area contributed by atoms with Gasteiger partial charge in [-0.15, -0.1) is 0 Å². The lowest BCUT2D eigenvalue weighted by Gasteiger charge is -2.07. The molecule has 1 heterocycles. The quantitative estimate of drug-likeness (QED) is 0.633. The molecule has 0 aromatic rings. The average molecular weight is 224 g/mol. The lowest BCUT2D eigenvalue weighted by molar-refractivity contribution is 0.0130. The molecule has 0 N–H and O–H groups in total. The SMILES string of the molecule is O=S1(=O)C(F)C(C(F)F)CC1(F)F. The molecule has 0 amide bonds. The first-order valence-corrected chi connectivity index (χ1v) is 4.78. The van der Waals surface area contributed by atoms with Crippen LogP contribution in [0.2, 0.25) is 0 Å². The Morgan fingerprint density at radius 2 is 1.77 bits per heavy atom. The van der Waals surface area contributed by atoms with E-state index in [0.717, 1.165) is 0 Å². The molecule has 0 aromatic carbocycles. The molecule has 0 bridgehead atoms. The van der Waals surface area contributed by atoms with Gasteiger partial charge in [0.15, 0.2) is 0 Å². The standard InChI is InChI=1S/C5H5F5O2S/c6-3(7)2-1-5(9,10)13(11,12)4(2)8/h2-4H,1H2. The third-order valence-corrected chi connectivity index (χ3v) is 3.79. The molecule has 1 aliphatic rings. The normalized spacial score (nSPS) is 36.8. The van der Waals surface area contributed by atoms with Gasteiger partial charge in [-0.1, -0.05) is 0 Å². The van der Waals surface area contributed by atoms with E-state index in [1.165, 1.54) is 0 Å². The van der Waals surface area contributed by atoms with E-state index in [1.807, 2.05) is 0 Å². The van der Waals surface area contributed by atoms with Gasteiger partial charge in [0.05, 0.1) is 5.92 Å². The van der Waals surface area contributed by atoms with Crippen LogP contribution in [-0.4, -0.2) is 25.6 Å². The molecule has 13 heavy (non-hydrogen) atoms. The molecule has 1 saturated heterocycles. The van der Waals surface area contributed by atoms with E-state index in [-0.39, 0.29) is 0 Å². The summed E-state index contributed by atoms with van der Waals surface area (Å²) in [5, 5.41) is -4.37. The molecule has 1 aliphatic heterocycles. The number of sulfone groups is 1. The number of hydrogen-bond acceptors (Lipinski definition) is 2. The summed E-state index contributed by atoms with van der Waals surface area (Å²) in [6.45, 7) is 0. The van der Waals surface area contributed by atoms with E-state index in [4.69, 9.17) is 0 Å². The van der Waals surface area contributed by atoms with Gasteiger partial charge in [0, 0.05) is 6.42 Å². The molecule has 0 aliphatic carbocycles. The summed E-state index contributed by atoms with van der Waals surface area (Å²) < 4.78 is 82.0. The fraction of sp³-hybridized carbons (Fsp3) is 1.00. The maximum atomic E-state index is 12.6. The first-order chi connectivity index (χ1) is 5.70. The summed E-state index contributed by atoms with van der Waals surface area (Å²) in [5.41, 5.74) is -3.16. The predicted octanol–water partition coefficient (Wildman–Crippen LogP) is 1.57. The van der Waals surface area contributed by atoms with Gasteiger partial charge >= 0.3 is 5.25 Å². The van der Waals surface area contributed by atoms with Crippen molar-refractivity contribution in [3.8, 4) is 0 Å². The monoisotopic (exact) mass is 224 g/mol. The average Bonchev–Trinajstić information content (AvgIpc) is 2.11. The summed E-state index contributed by atoms with van der Waals surface area (Å²) in [7, 11) is -5.38. The van der Waals surface area contributed by atoms with Crippen LogP contribution in [0, 0.1) is 5.92 Å². The third-order valence-electron chi connectivity index (χ3n) is 1.85. The van der Waals surface area contributed by atoms with E-state index in [2.05, 4.69) is 0 Å². The maximum Gasteiger partial charge on any atom is 0.349 e. The van der Waals surface area contributed by atoms with E-state index in [9.17, 15) is 30.4 Å². The van der Waals surface area contributed by atoms with Gasteiger partial charge in [-0.3, -0.25) is 0 Å². The first-order valence-electron chi connectivity index (χ1n) is 3.23. The van der Waals surface area contributed by atoms with Gasteiger partial charge in [0.2, 0.25) is 21.8 Å². The fourth-order valence-electron chi connectivity index (χ4n) is 1.08. The highest BCUT2D eigenvalue weighted by molar-refractivity contribution is 7.93. The topological polar surface area (TPSA) is 34.1 Å². The van der Waals surface area contributed by atoms with Crippen molar-refractivity contribution in [1.29, 1.82) is 0 Å². The zero-order valence-electron chi connectivity index (χ0n) is 6.05. The van der Waals surface area contributed by atoms with Gasteiger partial charge in [-0.25, -0.2) is 21.6 Å². The summed E-state index contributed by atoms with van der Waals surface area (Å²) in [5.74, 6) is -2.42. The number of halogens is 5. The van der Waals surface area contributed by atoms with Crippen molar-refractivity contribution in [2.75, 3.05) is 0 Å². The summed E-state index contributed by atoms with van der Waals surface area (Å²) >= 11 is 0. The minimum absolute atomic E-state index is 1.64. The lowest BCUT2D eigenvalue weighted by Crippen LogP contribution is -2.27. The molecule has 0 spiro atoms. The van der Waals surface area contributed by atoms with E-state index >= 15 is 0 Å². The van der Waals surface area contributed by atoms with Gasteiger partial charge in [-0.2, -0.15) is 8.78 Å². The first kappa shape index (κ1) is 10.7. The van der Waals surface area contributed by atoms with Crippen LogP contribution in [-0.2, 0) is 9.84 Å². The van der Waals surface area contributed by atoms with Crippen molar-refractivity contribution in [1.82, 2.24) is 0 Å². The Morgan fingerprint density at radius 1 is 1.31 bits per heavy atom. The van der Waals surface area contributed by atoms with Crippen molar-refractivity contribution < 1.29 is 30.4 Å². The van der Waals surface area contributed by atoms with Crippen LogP contribution in [0.5, 0.6) is 0 Å². The molecule has 78 valence electrons. The number of alkyl halides is 5. The molecular formula is C5H5F5O2S. The Hall–Kier alpha value is -0.400. The highest BCUT2D eigenvalue weighted by atomic mass is 32.2. The van der Waals surface area contributed by atoms with Crippen LogP contribution < -0.4 is 0 Å². The van der Waals surface area contributed by atoms with Crippen LogP contribution >= 0.6 is 0 Å². The van der Waals surface area contributed by atoms with Crippen molar-refractivity contribution in [3.63, 3.8) is 0 Å². The molecule has 2 nitrogen and oxygen atoms in total. The van der Waals surface area contributed by atoms with Crippen molar-refractivity contribution in [2.45, 2.75) is 23.6 Å². The van der Waals surface area contributed by atoms with Crippen molar-refractivity contribution >= 4 is 9.84 Å². The van der Waals surface area contributed by atoms with Crippen LogP contribution in [0.3, 0.4) is 0 Å². The minimum atomic E-state index is -5.38. The lowest BCUT2D eigenvalue weighted by atomic mass is 10.1. The summed E-state index contributed by atoms with van der Waals surface area (Å²) in [4.78, 5) is 0. The van der Waals surface area contributed by atoms with Crippen LogP contribution in [0.25, 0.3) is 0 Å². The van der Waals surface area contributed by atoms with Crippen LogP contribution in [0.15, 0.2) is 0 Å². The minimum Gasteiger partial charge on any atom is -0.229 e. The second-order valence-electron chi connectivity index (χ2n) is 2.74. The maximum absolute atomic E-state index is 12.6. The highest BCUT2D eigenvalue weighted by Crippen LogP contribution is 2.46. The Labute approximate surface area is 70.6 Å². The Balaban J connectivity index is 3.07. The largest absolute Gasteiger partial charge is 0.349 e. The molecule has 2 atom stereocenters. The zero-order valence-corrected chi connectivity index (χ0v) is 6.87. The van der Waals surface area contributed by atoms with Gasteiger partial charge in [0.25, 0.3) is 0 Å². The molecule has 0 saturated carbocycles. The smallest absolute Gasteiger partial charge is 0.229 e. The molecule has 1 rings (SSSR count). The molecular weight excluding hydrogens is 219 g/mol. The number of hydrogen-bond donors (Lipinski definition) is 0. The van der Waals surface area contributed by atoms with E-state index < -0.39 is 39.4 Å². The molecule has 0 aromatic heterocycles. The van der Waals surface area contributed by atoms with E-state index in [1.54, 1.807) is 0 Å². The number of rotatable bonds is 1. The van der Waals surface area contributed by atoms with Crippen molar-refractivity contribution in [3.05, 3.63) is 0 Å². The van der Waals surface area contributed by atoms with E-state index in [0.29, 0.717) is 0 Å². The Morgan fingerprint density at radius 3 is 1.92 bits per heavy atom. The summed E-state index contributed by atoms with van der Waals surface area (Å²) in [6, 6.07) is 0. The molecule has 2 unspecified atom stereocenters. The zero-order chi connectivity index (χ0) is 10.4. The third kappa shape index (κ3) is 1.40. The second kappa shape index (κ2) is 2.79. The van der Waals surface area contributed by atoms with Gasteiger partial charge in [0.1, 0.15) is 0 Å². The predicted molar refractivity (Wildman–Crippen MR) is 32.9 cm³/mol. The van der Waals surface area contributed by atoms with Crippen LogP contribution in [0.1, 0.15) is 6.42 Å². The fourth-order valence-corrected chi connectivity index (χ4v) is 2.51.